The second-order valence-electron chi connectivity index (χ2n) is 5.62. The number of sulfonamides is 1. The Morgan fingerprint density at radius 3 is 2.24 bits per heavy atom. The fraction of sp³-hybridized carbons (Fsp3) is 0.263. The van der Waals surface area contributed by atoms with E-state index < -0.39 is 10.0 Å². The lowest BCUT2D eigenvalue weighted by molar-refractivity contribution is 0.377. The smallest absolute Gasteiger partial charge is 0.243 e. The number of halogens is 1. The van der Waals surface area contributed by atoms with E-state index in [0.717, 1.165) is 16.9 Å². The van der Waals surface area contributed by atoms with Crippen molar-refractivity contribution in [1.82, 2.24) is 4.31 Å². The Morgan fingerprint density at radius 1 is 1.16 bits per heavy atom. The van der Waals surface area contributed by atoms with Crippen LogP contribution in [0.1, 0.15) is 17.2 Å². The fourth-order valence-electron chi connectivity index (χ4n) is 2.52. The van der Waals surface area contributed by atoms with Gasteiger partial charge >= 0.3 is 0 Å². The number of nitrogens with zero attached hydrogens (tertiary/aromatic N) is 1. The minimum absolute atomic E-state index is 0.246. The van der Waals surface area contributed by atoms with Crippen LogP contribution in [0, 0.1) is 6.92 Å². The molecule has 0 radical (unpaired) electrons. The third-order valence-corrected chi connectivity index (χ3v) is 6.65. The van der Waals surface area contributed by atoms with Gasteiger partial charge in [0.15, 0.2) is 0 Å². The number of benzene rings is 2. The van der Waals surface area contributed by atoms with Crippen LogP contribution in [0.15, 0.2) is 66.1 Å². The summed E-state index contributed by atoms with van der Waals surface area (Å²) in [7, 11) is -2.02. The zero-order valence-electron chi connectivity index (χ0n) is 14.4. The van der Waals surface area contributed by atoms with Crippen molar-refractivity contribution in [2.75, 3.05) is 18.1 Å². The zero-order valence-corrected chi connectivity index (χ0v) is 17.3. The molecule has 0 N–H and O–H groups in total. The number of alkyl halides is 1. The minimum Gasteiger partial charge on any atom is -0.497 e. The number of hydrogen-bond acceptors (Lipinski definition) is 3. The van der Waals surface area contributed by atoms with Crippen LogP contribution in [0.5, 0.6) is 5.75 Å². The molecule has 2 aromatic rings. The highest BCUT2D eigenvalue weighted by atomic mass is 127. The average Bonchev–Trinajstić information content (AvgIpc) is 2.62. The highest BCUT2D eigenvalue weighted by Crippen LogP contribution is 2.30. The Morgan fingerprint density at radius 2 is 1.76 bits per heavy atom. The van der Waals surface area contributed by atoms with E-state index in [1.807, 2.05) is 43.3 Å². The SMILES string of the molecule is C=CCN(C(CI)c1ccc(OC)cc1)S(=O)(=O)c1ccc(C)cc1. The molecule has 0 aliphatic carbocycles. The van der Waals surface area contributed by atoms with Crippen molar-refractivity contribution in [3.05, 3.63) is 72.3 Å². The lowest BCUT2D eigenvalue weighted by Gasteiger charge is -2.29. The van der Waals surface area contributed by atoms with E-state index in [2.05, 4.69) is 29.2 Å². The molecule has 0 aliphatic rings. The Labute approximate surface area is 163 Å². The average molecular weight is 471 g/mol. The van der Waals surface area contributed by atoms with Gasteiger partial charge in [-0.15, -0.1) is 6.58 Å². The summed E-state index contributed by atoms with van der Waals surface area (Å²) in [4.78, 5) is 0.295. The largest absolute Gasteiger partial charge is 0.497 e. The fourth-order valence-corrected chi connectivity index (χ4v) is 5.36. The summed E-state index contributed by atoms with van der Waals surface area (Å²) in [6, 6.07) is 14.1. The van der Waals surface area contributed by atoms with Gasteiger partial charge in [-0.2, -0.15) is 4.31 Å². The predicted octanol–water partition coefficient (Wildman–Crippen LogP) is 4.36. The third kappa shape index (κ3) is 4.62. The summed E-state index contributed by atoms with van der Waals surface area (Å²) < 4.78 is 33.7. The molecule has 0 spiro atoms. The minimum atomic E-state index is -3.63. The Kier molecular flexibility index (Phi) is 7.04. The molecular weight excluding hydrogens is 449 g/mol. The van der Waals surface area contributed by atoms with Gasteiger partial charge in [0.2, 0.25) is 10.0 Å². The van der Waals surface area contributed by atoms with Crippen LogP contribution >= 0.6 is 22.6 Å². The van der Waals surface area contributed by atoms with Gasteiger partial charge in [0.1, 0.15) is 5.75 Å². The lowest BCUT2D eigenvalue weighted by Crippen LogP contribution is -2.36. The van der Waals surface area contributed by atoms with Crippen molar-refractivity contribution in [3.8, 4) is 5.75 Å². The highest BCUT2D eigenvalue weighted by molar-refractivity contribution is 14.1. The number of rotatable bonds is 8. The van der Waals surface area contributed by atoms with Crippen LogP contribution in [0.2, 0.25) is 0 Å². The van der Waals surface area contributed by atoms with Gasteiger partial charge in [-0.3, -0.25) is 0 Å². The molecule has 25 heavy (non-hydrogen) atoms. The van der Waals surface area contributed by atoms with Gasteiger partial charge in [0.25, 0.3) is 0 Å². The first-order valence-electron chi connectivity index (χ1n) is 7.83. The lowest BCUT2D eigenvalue weighted by atomic mass is 10.1. The van der Waals surface area contributed by atoms with E-state index in [0.29, 0.717) is 9.32 Å². The van der Waals surface area contributed by atoms with Crippen molar-refractivity contribution in [2.45, 2.75) is 17.9 Å². The van der Waals surface area contributed by atoms with E-state index in [1.165, 1.54) is 4.31 Å². The molecule has 1 atom stereocenters. The van der Waals surface area contributed by atoms with E-state index in [-0.39, 0.29) is 12.6 Å². The first kappa shape index (κ1) is 19.9. The van der Waals surface area contributed by atoms with Crippen LogP contribution in [-0.2, 0) is 10.0 Å². The quantitative estimate of drug-likeness (QED) is 0.327. The maximum absolute atomic E-state index is 13.2. The molecule has 0 amide bonds. The van der Waals surface area contributed by atoms with Crippen molar-refractivity contribution in [3.63, 3.8) is 0 Å². The predicted molar refractivity (Wildman–Crippen MR) is 110 cm³/mol. The Balaban J connectivity index is 2.45. The summed E-state index contributed by atoms with van der Waals surface area (Å²) in [5.74, 6) is 0.743. The van der Waals surface area contributed by atoms with Gasteiger partial charge in [0, 0.05) is 11.0 Å². The van der Waals surface area contributed by atoms with E-state index >= 15 is 0 Å². The van der Waals surface area contributed by atoms with Gasteiger partial charge < -0.3 is 4.74 Å². The molecule has 0 saturated heterocycles. The molecule has 134 valence electrons. The first-order valence-corrected chi connectivity index (χ1v) is 10.8. The molecule has 6 heteroatoms. The molecule has 0 fully saturated rings. The van der Waals surface area contributed by atoms with Gasteiger partial charge in [-0.25, -0.2) is 8.42 Å². The van der Waals surface area contributed by atoms with Crippen molar-refractivity contribution >= 4 is 32.6 Å². The van der Waals surface area contributed by atoms with Crippen molar-refractivity contribution in [1.29, 1.82) is 0 Å². The highest BCUT2D eigenvalue weighted by Gasteiger charge is 2.31. The molecule has 2 rings (SSSR count). The summed E-state index contributed by atoms with van der Waals surface area (Å²) in [6.45, 7) is 5.91. The molecule has 1 unspecified atom stereocenters. The standard InChI is InChI=1S/C19H22INO3S/c1-4-13-21(25(22,23)18-11-5-15(2)6-12-18)19(14-20)16-7-9-17(24-3)10-8-16/h4-12,19H,1,13-14H2,2-3H3. The topological polar surface area (TPSA) is 46.6 Å². The summed E-state index contributed by atoms with van der Waals surface area (Å²) >= 11 is 2.22. The van der Waals surface area contributed by atoms with Crippen LogP contribution < -0.4 is 4.74 Å². The summed E-state index contributed by atoms with van der Waals surface area (Å²) in [5.41, 5.74) is 1.95. The molecule has 0 aliphatic heterocycles. The molecule has 4 nitrogen and oxygen atoms in total. The van der Waals surface area contributed by atoms with Crippen LogP contribution in [-0.4, -0.2) is 30.8 Å². The van der Waals surface area contributed by atoms with E-state index in [4.69, 9.17) is 4.74 Å². The second-order valence-corrected chi connectivity index (χ2v) is 8.39. The maximum Gasteiger partial charge on any atom is 0.243 e. The maximum atomic E-state index is 13.2. The van der Waals surface area contributed by atoms with Gasteiger partial charge in [-0.1, -0.05) is 58.5 Å². The summed E-state index contributed by atoms with van der Waals surface area (Å²) in [6.07, 6.45) is 1.62. The molecule has 0 aromatic heterocycles. The van der Waals surface area contributed by atoms with Crippen LogP contribution in [0.25, 0.3) is 0 Å². The Hall–Kier alpha value is -1.38. The van der Waals surface area contributed by atoms with Gasteiger partial charge in [0.05, 0.1) is 18.0 Å². The molecule has 0 bridgehead atoms. The molecule has 0 heterocycles. The second kappa shape index (κ2) is 8.82. The van der Waals surface area contributed by atoms with E-state index in [1.54, 1.807) is 25.3 Å². The van der Waals surface area contributed by atoms with Crippen LogP contribution in [0.3, 0.4) is 0 Å². The van der Waals surface area contributed by atoms with E-state index in [9.17, 15) is 8.42 Å². The normalized spacial score (nSPS) is 12.8. The number of hydrogen-bond donors (Lipinski definition) is 0. The van der Waals surface area contributed by atoms with Gasteiger partial charge in [-0.05, 0) is 36.8 Å². The molecular formula is C19H22INO3S. The Bertz CT molecular complexity index is 802. The zero-order chi connectivity index (χ0) is 18.4. The number of ether oxygens (including phenoxy) is 1. The first-order chi connectivity index (χ1) is 11.9. The number of methoxy groups -OCH3 is 1. The van der Waals surface area contributed by atoms with Crippen molar-refractivity contribution in [2.24, 2.45) is 0 Å². The molecule has 0 saturated carbocycles. The van der Waals surface area contributed by atoms with Crippen LogP contribution in [0.4, 0.5) is 0 Å². The number of aryl methyl sites for hydroxylation is 1. The monoisotopic (exact) mass is 471 g/mol. The third-order valence-electron chi connectivity index (χ3n) is 3.93. The molecule has 2 aromatic carbocycles. The summed E-state index contributed by atoms with van der Waals surface area (Å²) in [5, 5.41) is 0. The van der Waals surface area contributed by atoms with Crippen molar-refractivity contribution < 1.29 is 13.2 Å².